The van der Waals surface area contributed by atoms with Gasteiger partial charge >= 0.3 is 5.97 Å². The topological polar surface area (TPSA) is 55.0 Å². The number of allylic oxidation sites excluding steroid dienone is 1. The van der Waals surface area contributed by atoms with Crippen molar-refractivity contribution in [2.75, 3.05) is 0 Å². The number of ether oxygens (including phenoxy) is 1. The number of rotatable bonds is 6. The summed E-state index contributed by atoms with van der Waals surface area (Å²) in [6, 6.07) is 18.0. The van der Waals surface area contributed by atoms with Gasteiger partial charge in [-0.2, -0.15) is 5.10 Å². The van der Waals surface area contributed by atoms with Gasteiger partial charge in [-0.3, -0.25) is 5.10 Å². The average molecular weight is 401 g/mol. The van der Waals surface area contributed by atoms with Crippen LogP contribution in [0.4, 0.5) is 0 Å². The molecule has 4 rings (SSSR count). The van der Waals surface area contributed by atoms with Gasteiger partial charge in [0.15, 0.2) is 0 Å². The van der Waals surface area contributed by atoms with Crippen molar-refractivity contribution in [3.8, 4) is 5.75 Å². The predicted molar refractivity (Wildman–Crippen MR) is 119 cm³/mol. The van der Waals surface area contributed by atoms with Crippen molar-refractivity contribution < 1.29 is 9.53 Å². The van der Waals surface area contributed by atoms with Gasteiger partial charge in [0, 0.05) is 21.9 Å². The molecule has 0 aliphatic carbocycles. The molecule has 0 saturated heterocycles. The fourth-order valence-electron chi connectivity index (χ4n) is 3.43. The Bertz CT molecular complexity index is 1200. The number of nitrogens with zero attached hydrogens (tertiary/aromatic N) is 1. The molecule has 0 aliphatic heterocycles. The zero-order valence-electron chi connectivity index (χ0n) is 16.0. The molecule has 0 bridgehead atoms. The van der Waals surface area contributed by atoms with Gasteiger partial charge in [0.2, 0.25) is 0 Å². The summed E-state index contributed by atoms with van der Waals surface area (Å²) in [5.74, 6) is 0.0402. The van der Waals surface area contributed by atoms with Gasteiger partial charge in [-0.05, 0) is 52.8 Å². The summed E-state index contributed by atoms with van der Waals surface area (Å²) in [5, 5.41) is 10.2. The molecule has 0 unspecified atom stereocenters. The van der Waals surface area contributed by atoms with E-state index in [4.69, 9.17) is 4.74 Å². The SMILES string of the molecule is C=CC(=O)Oc1ccccc1/C(=C(\CC)c1cccs1)c1ccc2[nH]ncc2c1. The van der Waals surface area contributed by atoms with Crippen molar-refractivity contribution in [1.82, 2.24) is 10.2 Å². The Balaban J connectivity index is 1.99. The maximum atomic E-state index is 11.9. The summed E-state index contributed by atoms with van der Waals surface area (Å²) < 4.78 is 5.58. The number of benzene rings is 2. The van der Waals surface area contributed by atoms with Crippen molar-refractivity contribution >= 4 is 39.4 Å². The highest BCUT2D eigenvalue weighted by molar-refractivity contribution is 7.11. The van der Waals surface area contributed by atoms with Crippen LogP contribution in [0.15, 0.2) is 78.8 Å². The monoisotopic (exact) mass is 400 g/mol. The number of nitrogens with one attached hydrogen (secondary N) is 1. The minimum Gasteiger partial charge on any atom is -0.423 e. The lowest BCUT2D eigenvalue weighted by molar-refractivity contribution is -0.128. The van der Waals surface area contributed by atoms with Crippen LogP contribution in [0.25, 0.3) is 22.0 Å². The van der Waals surface area contributed by atoms with Gasteiger partial charge < -0.3 is 4.74 Å². The second-order valence-electron chi connectivity index (χ2n) is 6.48. The van der Waals surface area contributed by atoms with E-state index in [-0.39, 0.29) is 0 Å². The van der Waals surface area contributed by atoms with E-state index in [2.05, 4.69) is 53.3 Å². The largest absolute Gasteiger partial charge is 0.423 e. The molecule has 1 N–H and O–H groups in total. The van der Waals surface area contributed by atoms with E-state index < -0.39 is 5.97 Å². The Morgan fingerprint density at radius 2 is 2.07 bits per heavy atom. The van der Waals surface area contributed by atoms with E-state index in [9.17, 15) is 4.79 Å². The molecule has 0 aliphatic rings. The highest BCUT2D eigenvalue weighted by Gasteiger charge is 2.18. The quantitative estimate of drug-likeness (QED) is 0.242. The first-order valence-corrected chi connectivity index (χ1v) is 10.2. The van der Waals surface area contributed by atoms with Crippen molar-refractivity contribution in [2.24, 2.45) is 0 Å². The standard InChI is InChI=1S/C24H20N2O2S/c1-3-18(22-10-7-13-29-22)24(16-11-12-20-17(14-16)15-25-26-20)19-8-5-6-9-21(19)28-23(27)4-2/h4-15H,2-3H2,1H3,(H,25,26)/b24-18+. The third-order valence-electron chi connectivity index (χ3n) is 4.74. The number of fused-ring (bicyclic) bond motifs is 1. The number of thiophene rings is 1. The Kier molecular flexibility index (Phi) is 5.40. The van der Waals surface area contributed by atoms with E-state index >= 15 is 0 Å². The second kappa shape index (κ2) is 8.29. The minimum absolute atomic E-state index is 0.476. The average Bonchev–Trinajstić information content (AvgIpc) is 3.44. The zero-order chi connectivity index (χ0) is 20.2. The number of hydrogen-bond donors (Lipinski definition) is 1. The first kappa shape index (κ1) is 18.9. The third-order valence-corrected chi connectivity index (χ3v) is 5.67. The van der Waals surface area contributed by atoms with Gasteiger partial charge in [-0.15, -0.1) is 11.3 Å². The summed E-state index contributed by atoms with van der Waals surface area (Å²) in [6.45, 7) is 5.66. The van der Waals surface area contributed by atoms with Crippen LogP contribution >= 0.6 is 11.3 Å². The number of aromatic amines is 1. The summed E-state index contributed by atoms with van der Waals surface area (Å²) in [7, 11) is 0. The van der Waals surface area contributed by atoms with Crippen LogP contribution in [0.3, 0.4) is 0 Å². The molecule has 4 aromatic rings. The van der Waals surface area contributed by atoms with E-state index in [0.29, 0.717) is 5.75 Å². The van der Waals surface area contributed by atoms with Crippen LogP contribution in [0.2, 0.25) is 0 Å². The van der Waals surface area contributed by atoms with Gasteiger partial charge in [0.25, 0.3) is 0 Å². The van der Waals surface area contributed by atoms with E-state index in [1.54, 1.807) is 11.3 Å². The molecule has 2 aromatic carbocycles. The molecule has 0 saturated carbocycles. The molecule has 5 heteroatoms. The molecular formula is C24H20N2O2S. The van der Waals surface area contributed by atoms with E-state index in [1.807, 2.05) is 36.5 Å². The minimum atomic E-state index is -0.476. The van der Waals surface area contributed by atoms with Crippen LogP contribution in [0.5, 0.6) is 5.75 Å². The molecule has 0 spiro atoms. The zero-order valence-corrected chi connectivity index (χ0v) is 16.8. The summed E-state index contributed by atoms with van der Waals surface area (Å²) in [5.41, 5.74) is 5.14. The predicted octanol–water partition coefficient (Wildman–Crippen LogP) is 6.08. The Labute approximate surface area is 173 Å². The van der Waals surface area contributed by atoms with Gasteiger partial charge in [0.05, 0.1) is 11.7 Å². The van der Waals surface area contributed by atoms with Crippen molar-refractivity contribution in [3.63, 3.8) is 0 Å². The summed E-state index contributed by atoms with van der Waals surface area (Å²) >= 11 is 1.70. The number of carbonyl (C=O) groups excluding carboxylic acids is 1. The molecule has 0 atom stereocenters. The van der Waals surface area contributed by atoms with Crippen LogP contribution in [-0.4, -0.2) is 16.2 Å². The van der Waals surface area contributed by atoms with E-state index in [1.165, 1.54) is 16.5 Å². The summed E-state index contributed by atoms with van der Waals surface area (Å²) in [6.07, 6.45) is 3.83. The molecule has 144 valence electrons. The molecule has 2 heterocycles. The molecule has 2 aromatic heterocycles. The number of esters is 1. The molecule has 29 heavy (non-hydrogen) atoms. The first-order valence-electron chi connectivity index (χ1n) is 9.35. The van der Waals surface area contributed by atoms with E-state index in [0.717, 1.165) is 34.0 Å². The highest BCUT2D eigenvalue weighted by atomic mass is 32.1. The van der Waals surface area contributed by atoms with Crippen LogP contribution < -0.4 is 4.74 Å². The maximum absolute atomic E-state index is 11.9. The lowest BCUT2D eigenvalue weighted by Gasteiger charge is -2.17. The number of hydrogen-bond acceptors (Lipinski definition) is 4. The normalized spacial score (nSPS) is 11.9. The van der Waals surface area contributed by atoms with Crippen molar-refractivity contribution in [3.05, 3.63) is 94.8 Å². The number of H-pyrrole nitrogens is 1. The fraction of sp³-hybridized carbons (Fsp3) is 0.0833. The second-order valence-corrected chi connectivity index (χ2v) is 7.43. The Morgan fingerprint density at radius 1 is 1.21 bits per heavy atom. The highest BCUT2D eigenvalue weighted by Crippen LogP contribution is 2.40. The number of para-hydroxylation sites is 1. The van der Waals surface area contributed by atoms with Gasteiger partial charge in [0.1, 0.15) is 5.75 Å². The van der Waals surface area contributed by atoms with Gasteiger partial charge in [-0.25, -0.2) is 4.79 Å². The first-order chi connectivity index (χ1) is 14.2. The molecule has 0 fully saturated rings. The third kappa shape index (κ3) is 3.77. The van der Waals surface area contributed by atoms with Crippen LogP contribution in [-0.2, 0) is 4.79 Å². The lowest BCUT2D eigenvalue weighted by atomic mass is 9.90. The van der Waals surface area contributed by atoms with Crippen molar-refractivity contribution in [1.29, 1.82) is 0 Å². The fourth-order valence-corrected chi connectivity index (χ4v) is 4.28. The van der Waals surface area contributed by atoms with Gasteiger partial charge in [-0.1, -0.05) is 43.8 Å². The molecule has 4 nitrogen and oxygen atoms in total. The molecule has 0 amide bonds. The van der Waals surface area contributed by atoms with Crippen LogP contribution in [0.1, 0.15) is 29.3 Å². The molecular weight excluding hydrogens is 380 g/mol. The smallest absolute Gasteiger partial charge is 0.335 e. The van der Waals surface area contributed by atoms with Crippen molar-refractivity contribution in [2.45, 2.75) is 13.3 Å². The van der Waals surface area contributed by atoms with Crippen LogP contribution in [0, 0.1) is 0 Å². The maximum Gasteiger partial charge on any atom is 0.335 e. The Morgan fingerprint density at radius 3 is 2.83 bits per heavy atom. The Hall–Kier alpha value is -3.44. The number of carbonyl (C=O) groups is 1. The molecule has 0 radical (unpaired) electrons. The summed E-state index contributed by atoms with van der Waals surface area (Å²) in [4.78, 5) is 13.1. The lowest BCUT2D eigenvalue weighted by Crippen LogP contribution is -2.06. The number of aromatic nitrogens is 2.